The Morgan fingerprint density at radius 3 is 2.89 bits per heavy atom. The van der Waals surface area contributed by atoms with Crippen LogP contribution in [0.15, 0.2) is 4.42 Å². The molecule has 6 heteroatoms. The van der Waals surface area contributed by atoms with E-state index < -0.39 is 0 Å². The number of amides is 1. The van der Waals surface area contributed by atoms with Crippen LogP contribution >= 0.6 is 12.4 Å². The standard InChI is InChI=1S/C13H19N3O2.ClH/c1-8-12(18-9(2)15-8)13(17)16-6-4-11-10(7-16)3-5-14-11;/h10-11,14H,3-7H2,1-2H3;1H. The number of fused-ring (bicyclic) bond motifs is 1. The first-order valence-electron chi connectivity index (χ1n) is 6.62. The SMILES string of the molecule is Cc1nc(C)c(C(=O)N2CCC3NCCC3C2)o1.Cl. The van der Waals surface area contributed by atoms with Crippen LogP contribution in [0, 0.1) is 19.8 Å². The van der Waals surface area contributed by atoms with Crippen molar-refractivity contribution in [2.45, 2.75) is 32.7 Å². The molecular weight excluding hydrogens is 266 g/mol. The molecule has 0 aliphatic carbocycles. The Morgan fingerprint density at radius 2 is 2.21 bits per heavy atom. The molecule has 2 aliphatic heterocycles. The first-order chi connectivity index (χ1) is 8.65. The molecule has 2 atom stereocenters. The van der Waals surface area contributed by atoms with Gasteiger partial charge >= 0.3 is 0 Å². The van der Waals surface area contributed by atoms with Gasteiger partial charge in [0.15, 0.2) is 5.89 Å². The monoisotopic (exact) mass is 285 g/mol. The first-order valence-corrected chi connectivity index (χ1v) is 6.62. The first kappa shape index (κ1) is 14.3. The van der Waals surface area contributed by atoms with Gasteiger partial charge in [0.05, 0.1) is 5.69 Å². The molecule has 1 aromatic heterocycles. The van der Waals surface area contributed by atoms with E-state index in [0.717, 1.165) is 26.1 Å². The molecule has 2 unspecified atom stereocenters. The highest BCUT2D eigenvalue weighted by atomic mass is 35.5. The fourth-order valence-electron chi connectivity index (χ4n) is 3.11. The number of piperidine rings is 1. The predicted molar refractivity (Wildman–Crippen MR) is 73.6 cm³/mol. The Hall–Kier alpha value is -1.07. The van der Waals surface area contributed by atoms with Crippen LogP contribution in [-0.4, -0.2) is 41.5 Å². The molecule has 0 bridgehead atoms. The number of nitrogens with one attached hydrogen (secondary N) is 1. The van der Waals surface area contributed by atoms with Crippen LogP contribution in [0.3, 0.4) is 0 Å². The number of rotatable bonds is 1. The van der Waals surface area contributed by atoms with E-state index in [2.05, 4.69) is 10.3 Å². The molecule has 19 heavy (non-hydrogen) atoms. The Morgan fingerprint density at radius 1 is 1.42 bits per heavy atom. The molecule has 0 spiro atoms. The van der Waals surface area contributed by atoms with Crippen molar-refractivity contribution in [2.75, 3.05) is 19.6 Å². The molecule has 0 aromatic carbocycles. The second-order valence-electron chi connectivity index (χ2n) is 5.30. The number of hydrogen-bond donors (Lipinski definition) is 1. The van der Waals surface area contributed by atoms with Crippen molar-refractivity contribution in [3.8, 4) is 0 Å². The maximum Gasteiger partial charge on any atom is 0.291 e. The van der Waals surface area contributed by atoms with E-state index in [1.54, 1.807) is 6.92 Å². The van der Waals surface area contributed by atoms with Crippen LogP contribution in [0.1, 0.15) is 35.0 Å². The number of carbonyl (C=O) groups excluding carboxylic acids is 1. The van der Waals surface area contributed by atoms with Crippen molar-refractivity contribution in [1.29, 1.82) is 0 Å². The van der Waals surface area contributed by atoms with Crippen LogP contribution in [0.2, 0.25) is 0 Å². The van der Waals surface area contributed by atoms with Crippen molar-refractivity contribution in [1.82, 2.24) is 15.2 Å². The highest BCUT2D eigenvalue weighted by molar-refractivity contribution is 5.92. The number of aromatic nitrogens is 1. The van der Waals surface area contributed by atoms with Crippen LogP contribution in [0.25, 0.3) is 0 Å². The molecule has 3 rings (SSSR count). The van der Waals surface area contributed by atoms with E-state index >= 15 is 0 Å². The minimum Gasteiger partial charge on any atom is -0.436 e. The lowest BCUT2D eigenvalue weighted by Gasteiger charge is -2.34. The highest BCUT2D eigenvalue weighted by Crippen LogP contribution is 2.26. The van der Waals surface area contributed by atoms with E-state index in [1.165, 1.54) is 6.42 Å². The Kier molecular flexibility index (Phi) is 4.16. The molecule has 1 aromatic rings. The summed E-state index contributed by atoms with van der Waals surface area (Å²) in [6, 6.07) is 0.603. The normalized spacial score (nSPS) is 25.9. The maximum absolute atomic E-state index is 12.4. The van der Waals surface area contributed by atoms with Gasteiger partial charge in [-0.15, -0.1) is 12.4 Å². The number of nitrogens with zero attached hydrogens (tertiary/aromatic N) is 2. The Bertz CT molecular complexity index is 474. The minimum absolute atomic E-state index is 0. The predicted octanol–water partition coefficient (Wildman–Crippen LogP) is 1.54. The average Bonchev–Trinajstić information content (AvgIpc) is 2.93. The third kappa shape index (κ3) is 2.62. The van der Waals surface area contributed by atoms with Gasteiger partial charge in [0.1, 0.15) is 0 Å². The summed E-state index contributed by atoms with van der Waals surface area (Å²) >= 11 is 0. The summed E-state index contributed by atoms with van der Waals surface area (Å²) in [6.45, 7) is 6.34. The summed E-state index contributed by atoms with van der Waals surface area (Å²) in [6.07, 6.45) is 2.21. The van der Waals surface area contributed by atoms with Gasteiger partial charge in [0.25, 0.3) is 5.91 Å². The van der Waals surface area contributed by atoms with Crippen molar-refractivity contribution < 1.29 is 9.21 Å². The molecule has 5 nitrogen and oxygen atoms in total. The van der Waals surface area contributed by atoms with Crippen molar-refractivity contribution in [3.05, 3.63) is 17.3 Å². The summed E-state index contributed by atoms with van der Waals surface area (Å²) in [5.41, 5.74) is 0.698. The number of halogens is 1. The summed E-state index contributed by atoms with van der Waals surface area (Å²) in [4.78, 5) is 18.5. The fourth-order valence-corrected chi connectivity index (χ4v) is 3.11. The topological polar surface area (TPSA) is 58.4 Å². The number of aryl methyl sites for hydroxylation is 2. The summed E-state index contributed by atoms with van der Waals surface area (Å²) in [7, 11) is 0. The summed E-state index contributed by atoms with van der Waals surface area (Å²) in [5.74, 6) is 1.58. The van der Waals surface area contributed by atoms with Gasteiger partial charge in [-0.1, -0.05) is 0 Å². The molecule has 2 saturated heterocycles. The molecule has 2 fully saturated rings. The lowest BCUT2D eigenvalue weighted by Crippen LogP contribution is -2.46. The van der Waals surface area contributed by atoms with Crippen LogP contribution in [0.4, 0.5) is 0 Å². The third-order valence-corrected chi connectivity index (χ3v) is 4.04. The number of likely N-dealkylation sites (tertiary alicyclic amines) is 1. The average molecular weight is 286 g/mol. The number of oxazole rings is 1. The minimum atomic E-state index is -0.00144. The van der Waals surface area contributed by atoms with E-state index in [1.807, 2.05) is 11.8 Å². The van der Waals surface area contributed by atoms with Crippen LogP contribution in [0.5, 0.6) is 0 Å². The van der Waals surface area contributed by atoms with E-state index in [-0.39, 0.29) is 18.3 Å². The molecule has 0 saturated carbocycles. The second-order valence-corrected chi connectivity index (χ2v) is 5.30. The Balaban J connectivity index is 0.00000133. The second kappa shape index (κ2) is 5.51. The molecule has 1 amide bonds. The van der Waals surface area contributed by atoms with Crippen LogP contribution in [-0.2, 0) is 0 Å². The lowest BCUT2D eigenvalue weighted by atomic mass is 9.93. The number of carbonyl (C=O) groups is 1. The molecule has 3 heterocycles. The van der Waals surface area contributed by atoms with E-state index in [9.17, 15) is 4.79 Å². The maximum atomic E-state index is 12.4. The molecule has 0 radical (unpaired) electrons. The molecule has 1 N–H and O–H groups in total. The van der Waals surface area contributed by atoms with Gasteiger partial charge in [0.2, 0.25) is 5.76 Å². The fraction of sp³-hybridized carbons (Fsp3) is 0.692. The summed E-state index contributed by atoms with van der Waals surface area (Å²) < 4.78 is 5.42. The van der Waals surface area contributed by atoms with Crippen LogP contribution < -0.4 is 5.32 Å². The van der Waals surface area contributed by atoms with Gasteiger partial charge in [-0.3, -0.25) is 4.79 Å². The van der Waals surface area contributed by atoms with Crippen molar-refractivity contribution in [2.24, 2.45) is 5.92 Å². The summed E-state index contributed by atoms with van der Waals surface area (Å²) in [5, 5.41) is 3.50. The van der Waals surface area contributed by atoms with Gasteiger partial charge in [-0.05, 0) is 32.2 Å². The van der Waals surface area contributed by atoms with Crippen molar-refractivity contribution in [3.63, 3.8) is 0 Å². The van der Waals surface area contributed by atoms with Gasteiger partial charge in [-0.2, -0.15) is 0 Å². The largest absolute Gasteiger partial charge is 0.436 e. The highest BCUT2D eigenvalue weighted by Gasteiger charge is 2.35. The number of hydrogen-bond acceptors (Lipinski definition) is 4. The zero-order valence-corrected chi connectivity index (χ0v) is 12.1. The zero-order valence-electron chi connectivity index (χ0n) is 11.3. The van der Waals surface area contributed by atoms with Gasteiger partial charge in [0, 0.05) is 26.1 Å². The smallest absolute Gasteiger partial charge is 0.291 e. The molecule has 2 aliphatic rings. The Labute approximate surface area is 119 Å². The quantitative estimate of drug-likeness (QED) is 0.850. The third-order valence-electron chi connectivity index (χ3n) is 4.04. The van der Waals surface area contributed by atoms with Crippen molar-refractivity contribution >= 4 is 18.3 Å². The lowest BCUT2D eigenvalue weighted by molar-refractivity contribution is 0.0627. The van der Waals surface area contributed by atoms with E-state index in [0.29, 0.717) is 29.3 Å². The zero-order chi connectivity index (χ0) is 12.7. The van der Waals surface area contributed by atoms with E-state index in [4.69, 9.17) is 4.42 Å². The molecular formula is C13H20ClN3O2. The molecule has 106 valence electrons. The van der Waals surface area contributed by atoms with Gasteiger partial charge in [-0.25, -0.2) is 4.98 Å². The van der Waals surface area contributed by atoms with Gasteiger partial charge < -0.3 is 14.6 Å².